The minimum absolute atomic E-state index is 0.189. The molecule has 4 aromatic rings. The van der Waals surface area contributed by atoms with E-state index in [1.807, 2.05) is 46.5 Å². The number of hydrogen-bond donors (Lipinski definition) is 3. The number of pyridine rings is 1. The molecular formula is C41H49N11O4. The Labute approximate surface area is 326 Å². The Morgan fingerprint density at radius 2 is 1.73 bits per heavy atom. The van der Waals surface area contributed by atoms with Crippen LogP contribution in [0.2, 0.25) is 0 Å². The first kappa shape index (κ1) is 36.1. The SMILES string of the molecule is Cc1c(N2CCc3cnc(Nc4cnn(C5CCN(C(=O)CN6CCC(c7ccc(C8CCC(=O)NC8=O)cc7)CC6)CC5)c4)nc3C2)cnc2c1NCCO2. The number of hydrogen-bond acceptors (Lipinski definition) is 12. The Balaban J connectivity index is 0.733. The van der Waals surface area contributed by atoms with E-state index >= 15 is 0 Å². The highest BCUT2D eigenvalue weighted by molar-refractivity contribution is 6.00. The van der Waals surface area contributed by atoms with Gasteiger partial charge in [-0.15, -0.1) is 0 Å². The van der Waals surface area contributed by atoms with Gasteiger partial charge in [0.1, 0.15) is 12.3 Å². The highest BCUT2D eigenvalue weighted by Crippen LogP contribution is 2.37. The number of imide groups is 1. The van der Waals surface area contributed by atoms with E-state index in [1.165, 1.54) is 5.56 Å². The first-order chi connectivity index (χ1) is 27.3. The van der Waals surface area contributed by atoms with Crippen molar-refractivity contribution in [3.05, 3.63) is 77.0 Å². The number of aromatic nitrogens is 5. The number of piperidine rings is 3. The second kappa shape index (κ2) is 15.5. The van der Waals surface area contributed by atoms with E-state index < -0.39 is 0 Å². The summed E-state index contributed by atoms with van der Waals surface area (Å²) in [7, 11) is 0. The van der Waals surface area contributed by atoms with Crippen LogP contribution >= 0.6 is 0 Å². The van der Waals surface area contributed by atoms with E-state index in [4.69, 9.17) is 9.72 Å². The van der Waals surface area contributed by atoms with Gasteiger partial charge in [-0.1, -0.05) is 24.3 Å². The van der Waals surface area contributed by atoms with Gasteiger partial charge in [0.15, 0.2) is 0 Å². The van der Waals surface area contributed by atoms with Crippen molar-refractivity contribution >= 4 is 40.7 Å². The van der Waals surface area contributed by atoms with Gasteiger partial charge in [-0.25, -0.2) is 15.0 Å². The number of likely N-dealkylation sites (tertiary alicyclic amines) is 2. The summed E-state index contributed by atoms with van der Waals surface area (Å²) in [6.07, 6.45) is 13.2. The normalized spacial score (nSPS) is 20.8. The van der Waals surface area contributed by atoms with E-state index in [1.54, 1.807) is 0 Å². The van der Waals surface area contributed by atoms with E-state index in [0.29, 0.717) is 50.3 Å². The quantitative estimate of drug-likeness (QED) is 0.222. The summed E-state index contributed by atoms with van der Waals surface area (Å²) in [5, 5.41) is 13.9. The molecule has 56 heavy (non-hydrogen) atoms. The molecule has 1 atom stereocenters. The molecule has 9 rings (SSSR count). The molecule has 3 saturated heterocycles. The van der Waals surface area contributed by atoms with Gasteiger partial charge in [-0.05, 0) is 81.1 Å². The van der Waals surface area contributed by atoms with E-state index in [0.717, 1.165) is 111 Å². The van der Waals surface area contributed by atoms with Gasteiger partial charge in [0.2, 0.25) is 29.5 Å². The van der Waals surface area contributed by atoms with Gasteiger partial charge in [-0.2, -0.15) is 5.10 Å². The molecule has 3 N–H and O–H groups in total. The Bertz CT molecular complexity index is 2100. The third-order valence-corrected chi connectivity index (χ3v) is 12.3. The predicted molar refractivity (Wildman–Crippen MR) is 210 cm³/mol. The molecule has 292 valence electrons. The maximum absolute atomic E-state index is 13.4. The predicted octanol–water partition coefficient (Wildman–Crippen LogP) is 4.05. The molecule has 0 saturated carbocycles. The second-order valence-corrected chi connectivity index (χ2v) is 15.7. The van der Waals surface area contributed by atoms with Crippen LogP contribution in [-0.2, 0) is 27.3 Å². The second-order valence-electron chi connectivity index (χ2n) is 15.7. The number of carbonyl (C=O) groups excluding carboxylic acids is 3. The summed E-state index contributed by atoms with van der Waals surface area (Å²) < 4.78 is 7.74. The number of amides is 3. The molecule has 8 heterocycles. The van der Waals surface area contributed by atoms with Crippen LogP contribution in [-0.4, -0.2) is 105 Å². The van der Waals surface area contributed by atoms with Crippen LogP contribution in [0, 0.1) is 6.92 Å². The molecular weight excluding hydrogens is 711 g/mol. The van der Waals surface area contributed by atoms with Crippen LogP contribution in [0.25, 0.3) is 0 Å². The standard InChI is InChI=1S/C41H49N11O4/c1-26-35(22-43-40-38(26)42-13-19-56-40)51-16-10-30-20-44-41(47-34(30)24-51)46-31-21-45-52(23-31)32-11-17-50(18-12-32)37(54)25-49-14-8-28(9-15-49)27-2-4-29(5-3-27)33-6-7-36(53)48-39(33)55/h2-5,20-23,28,32-33,42H,6-19,24-25H2,1H3,(H,44,46,47)(H,48,53,55). The van der Waals surface area contributed by atoms with Crippen molar-refractivity contribution < 1.29 is 19.1 Å². The Morgan fingerprint density at radius 1 is 0.929 bits per heavy atom. The van der Waals surface area contributed by atoms with E-state index in [9.17, 15) is 14.4 Å². The molecule has 0 radical (unpaired) electrons. The van der Waals surface area contributed by atoms with Gasteiger partial charge < -0.3 is 25.2 Å². The van der Waals surface area contributed by atoms with Crippen LogP contribution in [0.4, 0.5) is 23.0 Å². The van der Waals surface area contributed by atoms with Gasteiger partial charge >= 0.3 is 0 Å². The largest absolute Gasteiger partial charge is 0.474 e. The Morgan fingerprint density at radius 3 is 2.54 bits per heavy atom. The minimum atomic E-state index is -0.258. The number of fused-ring (bicyclic) bond motifs is 2. The molecule has 5 aliphatic rings. The van der Waals surface area contributed by atoms with Gasteiger partial charge in [0.25, 0.3) is 0 Å². The fraction of sp³-hybridized carbons (Fsp3) is 0.488. The number of nitrogens with zero attached hydrogens (tertiary/aromatic N) is 8. The zero-order valence-corrected chi connectivity index (χ0v) is 31.9. The number of carbonyl (C=O) groups is 3. The molecule has 0 aliphatic carbocycles. The van der Waals surface area contributed by atoms with E-state index in [-0.39, 0.29) is 29.7 Å². The lowest BCUT2D eigenvalue weighted by Crippen LogP contribution is -2.46. The monoisotopic (exact) mass is 759 g/mol. The number of rotatable bonds is 8. The maximum Gasteiger partial charge on any atom is 0.237 e. The Hall–Kier alpha value is -5.57. The molecule has 0 bridgehead atoms. The van der Waals surface area contributed by atoms with Crippen LogP contribution in [0.15, 0.2) is 49.1 Å². The zero-order valence-electron chi connectivity index (χ0n) is 31.9. The molecule has 15 nitrogen and oxygen atoms in total. The fourth-order valence-corrected chi connectivity index (χ4v) is 8.94. The number of ether oxygens (including phenoxy) is 1. The molecule has 5 aliphatic heterocycles. The van der Waals surface area contributed by atoms with Gasteiger partial charge in [0.05, 0.1) is 54.5 Å². The van der Waals surface area contributed by atoms with Crippen LogP contribution < -0.4 is 25.6 Å². The average Bonchev–Trinajstić information content (AvgIpc) is 3.70. The average molecular weight is 760 g/mol. The summed E-state index contributed by atoms with van der Waals surface area (Å²) in [6.45, 7) is 8.72. The lowest BCUT2D eigenvalue weighted by molar-refractivity contribution is -0.135. The topological polar surface area (TPSA) is 163 Å². The summed E-state index contributed by atoms with van der Waals surface area (Å²) in [4.78, 5) is 57.9. The third-order valence-electron chi connectivity index (χ3n) is 12.3. The molecule has 0 spiro atoms. The van der Waals surface area contributed by atoms with Crippen molar-refractivity contribution in [2.75, 3.05) is 68.0 Å². The number of nitrogens with one attached hydrogen (secondary N) is 3. The summed E-state index contributed by atoms with van der Waals surface area (Å²) in [5.74, 6) is 1.21. The zero-order chi connectivity index (χ0) is 38.2. The number of anilines is 4. The van der Waals surface area contributed by atoms with Crippen molar-refractivity contribution in [3.63, 3.8) is 0 Å². The van der Waals surface area contributed by atoms with Crippen molar-refractivity contribution in [1.29, 1.82) is 0 Å². The molecule has 3 fully saturated rings. The Kier molecular flexibility index (Phi) is 10.0. The highest BCUT2D eigenvalue weighted by Gasteiger charge is 2.30. The fourth-order valence-electron chi connectivity index (χ4n) is 8.94. The lowest BCUT2D eigenvalue weighted by Gasteiger charge is -2.36. The minimum Gasteiger partial charge on any atom is -0.474 e. The summed E-state index contributed by atoms with van der Waals surface area (Å²) in [5.41, 5.74) is 8.44. The van der Waals surface area contributed by atoms with Crippen molar-refractivity contribution in [2.45, 2.75) is 76.3 Å². The van der Waals surface area contributed by atoms with Crippen LogP contribution in [0.1, 0.15) is 84.4 Å². The molecule has 3 amide bonds. The van der Waals surface area contributed by atoms with Crippen molar-refractivity contribution in [3.8, 4) is 5.88 Å². The molecule has 3 aromatic heterocycles. The van der Waals surface area contributed by atoms with Crippen molar-refractivity contribution in [2.24, 2.45) is 0 Å². The van der Waals surface area contributed by atoms with Gasteiger partial charge in [-0.3, -0.25) is 29.3 Å². The highest BCUT2D eigenvalue weighted by atomic mass is 16.5. The molecule has 15 heteroatoms. The smallest absolute Gasteiger partial charge is 0.237 e. The molecule has 1 aromatic carbocycles. The first-order valence-electron chi connectivity index (χ1n) is 20.1. The van der Waals surface area contributed by atoms with Gasteiger partial charge in [0, 0.05) is 50.6 Å². The lowest BCUT2D eigenvalue weighted by atomic mass is 9.86. The van der Waals surface area contributed by atoms with Crippen molar-refractivity contribution in [1.82, 2.24) is 39.8 Å². The van der Waals surface area contributed by atoms with Crippen LogP contribution in [0.5, 0.6) is 5.88 Å². The van der Waals surface area contributed by atoms with E-state index in [2.05, 4.69) is 59.9 Å². The molecule has 1 unspecified atom stereocenters. The summed E-state index contributed by atoms with van der Waals surface area (Å²) in [6, 6.07) is 8.56. The first-order valence-corrected chi connectivity index (χ1v) is 20.1. The summed E-state index contributed by atoms with van der Waals surface area (Å²) >= 11 is 0. The maximum atomic E-state index is 13.4. The van der Waals surface area contributed by atoms with Crippen LogP contribution in [0.3, 0.4) is 0 Å². The number of benzene rings is 1. The third kappa shape index (κ3) is 7.51.